The number of rotatable bonds is 1. The van der Waals surface area contributed by atoms with Crippen LogP contribution in [0.2, 0.25) is 0 Å². The molecule has 14 heavy (non-hydrogen) atoms. The van der Waals surface area contributed by atoms with Gasteiger partial charge in [0.25, 0.3) is 0 Å². The third-order valence-corrected chi connectivity index (χ3v) is 2.74. The zero-order valence-electron chi connectivity index (χ0n) is 7.27. The normalized spacial score (nSPS) is 10.9. The Morgan fingerprint density at radius 2 is 2.21 bits per heavy atom. The number of nitrogens with zero attached hydrogens (tertiary/aromatic N) is 2. The molecule has 0 saturated heterocycles. The minimum Gasteiger partial charge on any atom is -0.345 e. The number of H-pyrrole nitrogens is 1. The SMILES string of the molecule is c1cc(-c2cscn2)c2nc[nH]c2c1. The van der Waals surface area contributed by atoms with Gasteiger partial charge in [0.05, 0.1) is 28.6 Å². The molecule has 0 aliphatic carbocycles. The topological polar surface area (TPSA) is 41.6 Å². The van der Waals surface area contributed by atoms with Crippen molar-refractivity contribution in [3.63, 3.8) is 0 Å². The number of hydrogen-bond donors (Lipinski definition) is 1. The van der Waals surface area contributed by atoms with Crippen molar-refractivity contribution in [1.82, 2.24) is 15.0 Å². The molecule has 68 valence electrons. The molecule has 0 spiro atoms. The molecule has 3 rings (SSSR count). The highest BCUT2D eigenvalue weighted by atomic mass is 32.1. The fraction of sp³-hybridized carbons (Fsp3) is 0. The largest absolute Gasteiger partial charge is 0.345 e. The second kappa shape index (κ2) is 2.92. The van der Waals surface area contributed by atoms with Crippen LogP contribution in [0.1, 0.15) is 0 Å². The first-order chi connectivity index (χ1) is 6.95. The van der Waals surface area contributed by atoms with E-state index in [1.165, 1.54) is 0 Å². The average Bonchev–Trinajstić information content (AvgIpc) is 2.88. The number of aromatic nitrogens is 3. The monoisotopic (exact) mass is 201 g/mol. The summed E-state index contributed by atoms with van der Waals surface area (Å²) in [5.74, 6) is 0. The highest BCUT2D eigenvalue weighted by molar-refractivity contribution is 7.07. The number of para-hydroxylation sites is 1. The summed E-state index contributed by atoms with van der Waals surface area (Å²) in [6.45, 7) is 0. The lowest BCUT2D eigenvalue weighted by Gasteiger charge is -1.96. The molecule has 0 atom stereocenters. The van der Waals surface area contributed by atoms with E-state index < -0.39 is 0 Å². The van der Waals surface area contributed by atoms with Gasteiger partial charge >= 0.3 is 0 Å². The van der Waals surface area contributed by atoms with E-state index in [2.05, 4.69) is 15.0 Å². The summed E-state index contributed by atoms with van der Waals surface area (Å²) in [7, 11) is 0. The summed E-state index contributed by atoms with van der Waals surface area (Å²) in [5, 5.41) is 2.03. The van der Waals surface area contributed by atoms with E-state index in [0.717, 1.165) is 22.3 Å². The summed E-state index contributed by atoms with van der Waals surface area (Å²) in [5.41, 5.74) is 5.95. The fourth-order valence-electron chi connectivity index (χ4n) is 1.52. The van der Waals surface area contributed by atoms with Crippen LogP contribution in [0.3, 0.4) is 0 Å². The van der Waals surface area contributed by atoms with Crippen LogP contribution in [-0.2, 0) is 0 Å². The minimum atomic E-state index is 0.985. The molecule has 2 heterocycles. The van der Waals surface area contributed by atoms with Crippen LogP contribution in [0, 0.1) is 0 Å². The van der Waals surface area contributed by atoms with E-state index in [0.29, 0.717) is 0 Å². The van der Waals surface area contributed by atoms with Gasteiger partial charge in [0.1, 0.15) is 0 Å². The van der Waals surface area contributed by atoms with Gasteiger partial charge in [-0.3, -0.25) is 0 Å². The molecule has 2 aromatic heterocycles. The molecule has 0 amide bonds. The molecule has 0 unspecified atom stereocenters. The van der Waals surface area contributed by atoms with Crippen LogP contribution >= 0.6 is 11.3 Å². The molecular formula is C10H7N3S. The number of aromatic amines is 1. The smallest absolute Gasteiger partial charge is 0.0976 e. The van der Waals surface area contributed by atoms with Crippen LogP contribution in [0.15, 0.2) is 35.4 Å². The number of thiazole rings is 1. The average molecular weight is 201 g/mol. The molecule has 0 aliphatic heterocycles. The maximum absolute atomic E-state index is 4.28. The second-order valence-electron chi connectivity index (χ2n) is 2.98. The number of benzene rings is 1. The third kappa shape index (κ3) is 1.04. The molecule has 0 radical (unpaired) electrons. The Morgan fingerprint density at radius 1 is 1.21 bits per heavy atom. The number of nitrogens with one attached hydrogen (secondary N) is 1. The van der Waals surface area contributed by atoms with Gasteiger partial charge in [-0.25, -0.2) is 9.97 Å². The molecule has 1 N–H and O–H groups in total. The van der Waals surface area contributed by atoms with Crippen molar-refractivity contribution in [3.05, 3.63) is 35.4 Å². The lowest BCUT2D eigenvalue weighted by molar-refractivity contribution is 1.34. The maximum atomic E-state index is 4.28. The van der Waals surface area contributed by atoms with Gasteiger partial charge in [-0.2, -0.15) is 0 Å². The number of imidazole rings is 1. The molecule has 0 bridgehead atoms. The van der Waals surface area contributed by atoms with Gasteiger partial charge in [0, 0.05) is 10.9 Å². The summed E-state index contributed by atoms with van der Waals surface area (Å²) in [4.78, 5) is 11.7. The van der Waals surface area contributed by atoms with Crippen molar-refractivity contribution in [2.75, 3.05) is 0 Å². The van der Waals surface area contributed by atoms with Crippen molar-refractivity contribution in [3.8, 4) is 11.3 Å². The highest BCUT2D eigenvalue weighted by Gasteiger charge is 2.06. The Bertz CT molecular complexity index is 554. The van der Waals surface area contributed by atoms with Gasteiger partial charge in [-0.15, -0.1) is 11.3 Å². The summed E-state index contributed by atoms with van der Waals surface area (Å²) in [6, 6.07) is 6.06. The third-order valence-electron chi connectivity index (χ3n) is 2.16. The Kier molecular flexibility index (Phi) is 1.61. The molecule has 0 fully saturated rings. The van der Waals surface area contributed by atoms with Gasteiger partial charge in [-0.1, -0.05) is 12.1 Å². The lowest BCUT2D eigenvalue weighted by atomic mass is 10.1. The first kappa shape index (κ1) is 7.70. The van der Waals surface area contributed by atoms with Crippen LogP contribution in [-0.4, -0.2) is 15.0 Å². The van der Waals surface area contributed by atoms with Crippen molar-refractivity contribution in [2.24, 2.45) is 0 Å². The molecule has 0 aliphatic rings. The van der Waals surface area contributed by atoms with Crippen LogP contribution < -0.4 is 0 Å². The maximum Gasteiger partial charge on any atom is 0.0976 e. The predicted molar refractivity (Wildman–Crippen MR) is 57.2 cm³/mol. The number of hydrogen-bond acceptors (Lipinski definition) is 3. The van der Waals surface area contributed by atoms with Gasteiger partial charge in [0.2, 0.25) is 0 Å². The van der Waals surface area contributed by atoms with Crippen LogP contribution in [0.5, 0.6) is 0 Å². The molecule has 1 aromatic carbocycles. The fourth-order valence-corrected chi connectivity index (χ4v) is 2.07. The Morgan fingerprint density at radius 3 is 3.07 bits per heavy atom. The quantitative estimate of drug-likeness (QED) is 0.657. The first-order valence-electron chi connectivity index (χ1n) is 4.26. The molecule has 4 heteroatoms. The van der Waals surface area contributed by atoms with E-state index in [1.807, 2.05) is 29.1 Å². The first-order valence-corrected chi connectivity index (χ1v) is 5.20. The van der Waals surface area contributed by atoms with E-state index in [4.69, 9.17) is 0 Å². The summed E-state index contributed by atoms with van der Waals surface area (Å²) < 4.78 is 0. The zero-order chi connectivity index (χ0) is 9.38. The van der Waals surface area contributed by atoms with Crippen LogP contribution in [0.4, 0.5) is 0 Å². The molecule has 3 nitrogen and oxygen atoms in total. The van der Waals surface area contributed by atoms with Crippen molar-refractivity contribution in [2.45, 2.75) is 0 Å². The lowest BCUT2D eigenvalue weighted by Crippen LogP contribution is -1.79. The standard InChI is InChI=1S/C10H7N3S/c1-2-7(9-4-14-6-13-9)10-8(3-1)11-5-12-10/h1-6H,(H,11,12). The molecule has 3 aromatic rings. The minimum absolute atomic E-state index is 0.985. The van der Waals surface area contributed by atoms with Crippen molar-refractivity contribution in [1.29, 1.82) is 0 Å². The zero-order valence-corrected chi connectivity index (χ0v) is 8.08. The second-order valence-corrected chi connectivity index (χ2v) is 3.70. The number of fused-ring (bicyclic) bond motifs is 1. The van der Waals surface area contributed by atoms with E-state index in [1.54, 1.807) is 17.7 Å². The van der Waals surface area contributed by atoms with Gasteiger partial charge in [-0.05, 0) is 6.07 Å². The van der Waals surface area contributed by atoms with Gasteiger partial charge < -0.3 is 4.98 Å². The molecular weight excluding hydrogens is 194 g/mol. The van der Waals surface area contributed by atoms with Crippen molar-refractivity contribution < 1.29 is 0 Å². The Labute approximate surface area is 84.5 Å². The summed E-state index contributed by atoms with van der Waals surface area (Å²) in [6.07, 6.45) is 1.71. The Balaban J connectivity index is 2.36. The Hall–Kier alpha value is -1.68. The van der Waals surface area contributed by atoms with E-state index in [-0.39, 0.29) is 0 Å². The summed E-state index contributed by atoms with van der Waals surface area (Å²) >= 11 is 1.60. The van der Waals surface area contributed by atoms with Gasteiger partial charge in [0.15, 0.2) is 0 Å². The van der Waals surface area contributed by atoms with E-state index >= 15 is 0 Å². The molecule has 0 saturated carbocycles. The predicted octanol–water partition coefficient (Wildman–Crippen LogP) is 2.69. The van der Waals surface area contributed by atoms with Crippen molar-refractivity contribution >= 4 is 22.4 Å². The van der Waals surface area contributed by atoms with E-state index in [9.17, 15) is 0 Å². The van der Waals surface area contributed by atoms with Crippen LogP contribution in [0.25, 0.3) is 22.3 Å². The highest BCUT2D eigenvalue weighted by Crippen LogP contribution is 2.25.